The number of hydrogen-bond donors (Lipinski definition) is 1. The minimum absolute atomic E-state index is 0.240. The topological polar surface area (TPSA) is 12.0 Å². The molecule has 2 aromatic rings. The summed E-state index contributed by atoms with van der Waals surface area (Å²) in [6.07, 6.45) is 0. The van der Waals surface area contributed by atoms with Gasteiger partial charge in [0.2, 0.25) is 0 Å². The highest BCUT2D eigenvalue weighted by Crippen LogP contribution is 2.29. The van der Waals surface area contributed by atoms with Crippen molar-refractivity contribution < 1.29 is 4.39 Å². The van der Waals surface area contributed by atoms with E-state index in [1.165, 1.54) is 6.07 Å². The molecular weight excluding hydrogens is 296 g/mol. The molecule has 1 nitrogen and oxygen atoms in total. The molecule has 0 aromatic heterocycles. The molecule has 0 radical (unpaired) electrons. The minimum atomic E-state index is -0.319. The highest BCUT2D eigenvalue weighted by molar-refractivity contribution is 6.31. The third kappa shape index (κ3) is 3.32. The fourth-order valence-corrected chi connectivity index (χ4v) is 2.48. The average Bonchev–Trinajstić information content (AvgIpc) is 2.40. The second-order valence-electron chi connectivity index (χ2n) is 4.67. The smallest absolute Gasteiger partial charge is 0.129 e. The van der Waals surface area contributed by atoms with Gasteiger partial charge >= 0.3 is 0 Å². The van der Waals surface area contributed by atoms with Gasteiger partial charge in [-0.05, 0) is 42.8 Å². The molecule has 0 bridgehead atoms. The lowest BCUT2D eigenvalue weighted by Gasteiger charge is -2.20. The van der Waals surface area contributed by atoms with Gasteiger partial charge in [0.25, 0.3) is 0 Å². The molecule has 0 spiro atoms. The quantitative estimate of drug-likeness (QED) is 0.824. The van der Waals surface area contributed by atoms with Crippen molar-refractivity contribution in [2.45, 2.75) is 19.9 Å². The summed E-state index contributed by atoms with van der Waals surface area (Å²) >= 11 is 12.0. The highest BCUT2D eigenvalue weighted by Gasteiger charge is 2.17. The van der Waals surface area contributed by atoms with Gasteiger partial charge in [-0.2, -0.15) is 0 Å². The zero-order chi connectivity index (χ0) is 14.7. The van der Waals surface area contributed by atoms with E-state index in [0.717, 1.165) is 17.7 Å². The normalized spacial score (nSPS) is 12.4. The van der Waals surface area contributed by atoms with Crippen LogP contribution in [0.5, 0.6) is 0 Å². The predicted octanol–water partition coefficient (Wildman–Crippen LogP) is 5.14. The number of rotatable bonds is 4. The maximum absolute atomic E-state index is 14.1. The van der Waals surface area contributed by atoms with E-state index in [2.05, 4.69) is 5.32 Å². The number of hydrogen-bond acceptors (Lipinski definition) is 1. The Hall–Kier alpha value is -1.09. The third-order valence-electron chi connectivity index (χ3n) is 3.21. The first-order valence-corrected chi connectivity index (χ1v) is 7.23. The minimum Gasteiger partial charge on any atom is -0.306 e. The van der Waals surface area contributed by atoms with Gasteiger partial charge in [-0.1, -0.05) is 48.3 Å². The van der Waals surface area contributed by atoms with E-state index in [4.69, 9.17) is 23.2 Å². The van der Waals surface area contributed by atoms with E-state index in [-0.39, 0.29) is 11.9 Å². The Morgan fingerprint density at radius 3 is 2.50 bits per heavy atom. The second-order valence-corrected chi connectivity index (χ2v) is 5.51. The van der Waals surface area contributed by atoms with Crippen LogP contribution in [0.1, 0.15) is 29.7 Å². The van der Waals surface area contributed by atoms with Crippen LogP contribution in [0.2, 0.25) is 10.0 Å². The maximum atomic E-state index is 14.1. The fraction of sp³-hybridized carbons (Fsp3) is 0.250. The molecule has 20 heavy (non-hydrogen) atoms. The molecule has 0 saturated heterocycles. The molecular formula is C16H16Cl2FN. The van der Waals surface area contributed by atoms with E-state index in [9.17, 15) is 4.39 Å². The Kier molecular flexibility index (Phi) is 5.03. The summed E-state index contributed by atoms with van der Waals surface area (Å²) in [5, 5.41) is 4.35. The second kappa shape index (κ2) is 6.57. The monoisotopic (exact) mass is 311 g/mol. The van der Waals surface area contributed by atoms with Crippen molar-refractivity contribution in [3.8, 4) is 0 Å². The lowest BCUT2D eigenvalue weighted by Crippen LogP contribution is -2.23. The molecule has 2 rings (SSSR count). The fourth-order valence-electron chi connectivity index (χ4n) is 2.14. The van der Waals surface area contributed by atoms with Crippen LogP contribution >= 0.6 is 23.2 Å². The third-order valence-corrected chi connectivity index (χ3v) is 3.85. The Balaban J connectivity index is 2.47. The molecule has 1 N–H and O–H groups in total. The van der Waals surface area contributed by atoms with Gasteiger partial charge < -0.3 is 5.32 Å². The molecule has 0 aliphatic heterocycles. The number of benzene rings is 2. The van der Waals surface area contributed by atoms with Crippen molar-refractivity contribution in [2.24, 2.45) is 0 Å². The summed E-state index contributed by atoms with van der Waals surface area (Å²) in [6, 6.07) is 10.3. The van der Waals surface area contributed by atoms with Crippen LogP contribution in [-0.4, -0.2) is 6.54 Å². The average molecular weight is 312 g/mol. The van der Waals surface area contributed by atoms with Gasteiger partial charge in [-0.15, -0.1) is 0 Å². The Bertz CT molecular complexity index is 613. The first-order chi connectivity index (χ1) is 9.52. The molecule has 0 saturated carbocycles. The maximum Gasteiger partial charge on any atom is 0.129 e. The van der Waals surface area contributed by atoms with E-state index in [0.29, 0.717) is 15.6 Å². The first kappa shape index (κ1) is 15.3. The predicted molar refractivity (Wildman–Crippen MR) is 83.1 cm³/mol. The molecule has 1 unspecified atom stereocenters. The highest BCUT2D eigenvalue weighted by atomic mass is 35.5. The summed E-state index contributed by atoms with van der Waals surface area (Å²) in [4.78, 5) is 0. The van der Waals surface area contributed by atoms with E-state index < -0.39 is 0 Å². The van der Waals surface area contributed by atoms with Gasteiger partial charge in [0.15, 0.2) is 0 Å². The largest absolute Gasteiger partial charge is 0.306 e. The standard InChI is InChI=1S/C16H16Cl2FN/c1-3-20-16(11-5-4-10(2)14(18)8-11)13-7-6-12(17)9-15(13)19/h4-9,16,20H,3H2,1-2H3. The van der Waals surface area contributed by atoms with Gasteiger partial charge in [-0.25, -0.2) is 4.39 Å². The van der Waals surface area contributed by atoms with Crippen LogP contribution in [0, 0.1) is 12.7 Å². The zero-order valence-electron chi connectivity index (χ0n) is 11.4. The Morgan fingerprint density at radius 2 is 1.90 bits per heavy atom. The lowest BCUT2D eigenvalue weighted by atomic mass is 9.97. The lowest BCUT2D eigenvalue weighted by molar-refractivity contribution is 0.559. The van der Waals surface area contributed by atoms with Crippen molar-refractivity contribution in [2.75, 3.05) is 6.54 Å². The molecule has 0 aliphatic rings. The molecule has 2 aromatic carbocycles. The molecule has 1 atom stereocenters. The number of halogens is 3. The molecule has 4 heteroatoms. The zero-order valence-corrected chi connectivity index (χ0v) is 12.9. The van der Waals surface area contributed by atoms with Crippen LogP contribution in [0.25, 0.3) is 0 Å². The van der Waals surface area contributed by atoms with Gasteiger partial charge in [-0.3, -0.25) is 0 Å². The van der Waals surface area contributed by atoms with Crippen molar-refractivity contribution in [3.05, 3.63) is 69.0 Å². The summed E-state index contributed by atoms with van der Waals surface area (Å²) in [5.74, 6) is -0.319. The SMILES string of the molecule is CCNC(c1ccc(C)c(Cl)c1)c1ccc(Cl)cc1F. The summed E-state index contributed by atoms with van der Waals surface area (Å²) < 4.78 is 14.1. The molecule has 0 aliphatic carbocycles. The van der Waals surface area contributed by atoms with Crippen LogP contribution in [0.4, 0.5) is 4.39 Å². The van der Waals surface area contributed by atoms with Crippen LogP contribution in [-0.2, 0) is 0 Å². The summed E-state index contributed by atoms with van der Waals surface area (Å²) in [5.41, 5.74) is 2.50. The van der Waals surface area contributed by atoms with Crippen molar-refractivity contribution >= 4 is 23.2 Å². The molecule has 0 heterocycles. The van der Waals surface area contributed by atoms with Crippen LogP contribution in [0.3, 0.4) is 0 Å². The van der Waals surface area contributed by atoms with Crippen LogP contribution < -0.4 is 5.32 Å². The Labute approximate surface area is 128 Å². The number of aryl methyl sites for hydroxylation is 1. The number of nitrogens with one attached hydrogen (secondary N) is 1. The Morgan fingerprint density at radius 1 is 1.15 bits per heavy atom. The molecule has 106 valence electrons. The van der Waals surface area contributed by atoms with Crippen molar-refractivity contribution in [1.82, 2.24) is 5.32 Å². The summed E-state index contributed by atoms with van der Waals surface area (Å²) in [7, 11) is 0. The van der Waals surface area contributed by atoms with Gasteiger partial charge in [0.05, 0.1) is 6.04 Å². The van der Waals surface area contributed by atoms with Crippen LogP contribution in [0.15, 0.2) is 36.4 Å². The first-order valence-electron chi connectivity index (χ1n) is 6.47. The van der Waals surface area contributed by atoms with Crippen molar-refractivity contribution in [3.63, 3.8) is 0 Å². The summed E-state index contributed by atoms with van der Waals surface area (Å²) in [6.45, 7) is 4.64. The van der Waals surface area contributed by atoms with Crippen molar-refractivity contribution in [1.29, 1.82) is 0 Å². The van der Waals surface area contributed by atoms with E-state index >= 15 is 0 Å². The van der Waals surface area contributed by atoms with E-state index in [1.807, 2.05) is 32.0 Å². The van der Waals surface area contributed by atoms with Gasteiger partial charge in [0, 0.05) is 15.6 Å². The molecule has 0 fully saturated rings. The van der Waals surface area contributed by atoms with E-state index in [1.54, 1.807) is 12.1 Å². The van der Waals surface area contributed by atoms with Gasteiger partial charge in [0.1, 0.15) is 5.82 Å². The molecule has 0 amide bonds.